The van der Waals surface area contributed by atoms with E-state index in [1.165, 1.54) is 21.1 Å². The minimum absolute atomic E-state index is 0.246. The fourth-order valence-electron chi connectivity index (χ4n) is 2.06. The van der Waals surface area contributed by atoms with E-state index in [9.17, 15) is 9.90 Å². The van der Waals surface area contributed by atoms with Crippen molar-refractivity contribution in [1.29, 1.82) is 0 Å². The summed E-state index contributed by atoms with van der Waals surface area (Å²) in [5.74, 6) is 2.94. The molecule has 2 amide bonds. The number of carbonyl (C=O) groups excluding carboxylic acids is 1. The van der Waals surface area contributed by atoms with Gasteiger partial charge in [-0.15, -0.1) is 16.6 Å². The molecule has 19 heavy (non-hydrogen) atoms. The third kappa shape index (κ3) is 2.29. The van der Waals surface area contributed by atoms with E-state index >= 15 is 0 Å². The van der Waals surface area contributed by atoms with Crippen molar-refractivity contribution in [3.8, 4) is 12.3 Å². The van der Waals surface area contributed by atoms with Crippen molar-refractivity contribution in [1.82, 2.24) is 15.1 Å². The van der Waals surface area contributed by atoms with Crippen molar-refractivity contribution in [2.45, 2.75) is 31.4 Å². The Morgan fingerprint density at radius 3 is 2.89 bits per heavy atom. The molecule has 3 rings (SSSR count). The molecule has 1 N–H and O–H groups in total. The van der Waals surface area contributed by atoms with Crippen molar-refractivity contribution in [2.75, 3.05) is 18.0 Å². The molecule has 1 unspecified atom stereocenters. The number of aliphatic hydroxyl groups is 1. The number of carbonyl (C=O) groups is 1. The van der Waals surface area contributed by atoms with Crippen molar-refractivity contribution in [3.05, 3.63) is 5.01 Å². The monoisotopic (exact) mass is 278 g/mol. The lowest BCUT2D eigenvalue weighted by atomic mass is 10.2. The van der Waals surface area contributed by atoms with Crippen LogP contribution in [0.1, 0.15) is 30.2 Å². The molecule has 100 valence electrons. The Balaban J connectivity index is 1.83. The molecule has 1 aromatic rings. The van der Waals surface area contributed by atoms with E-state index in [0.717, 1.165) is 17.8 Å². The molecule has 1 saturated carbocycles. The Morgan fingerprint density at radius 1 is 1.42 bits per heavy atom. The van der Waals surface area contributed by atoms with Crippen molar-refractivity contribution >= 4 is 22.5 Å². The lowest BCUT2D eigenvalue weighted by molar-refractivity contribution is 0.113. The van der Waals surface area contributed by atoms with Gasteiger partial charge in [0.2, 0.25) is 5.13 Å². The highest BCUT2D eigenvalue weighted by atomic mass is 32.1. The molecule has 1 saturated heterocycles. The van der Waals surface area contributed by atoms with Gasteiger partial charge in [0.25, 0.3) is 0 Å². The molecule has 2 heterocycles. The molecule has 1 aliphatic carbocycles. The molecule has 7 heteroatoms. The Hall–Kier alpha value is -1.65. The predicted octanol–water partition coefficient (Wildman–Crippen LogP) is 0.999. The quantitative estimate of drug-likeness (QED) is 0.837. The van der Waals surface area contributed by atoms with Gasteiger partial charge in [0.15, 0.2) is 0 Å². The lowest BCUT2D eigenvalue weighted by Gasteiger charge is -2.36. The maximum atomic E-state index is 12.3. The smallest absolute Gasteiger partial charge is 0.329 e. The number of anilines is 1. The molecular weight excluding hydrogens is 264 g/mol. The summed E-state index contributed by atoms with van der Waals surface area (Å²) in [6, 6.07) is -0.296. The number of nitrogens with zero attached hydrogens (tertiary/aromatic N) is 4. The average molecular weight is 278 g/mol. The molecular formula is C12H14N4O2S. The van der Waals surface area contributed by atoms with E-state index in [2.05, 4.69) is 16.1 Å². The fourth-order valence-corrected chi connectivity index (χ4v) is 3.11. The number of hydrogen-bond donors (Lipinski definition) is 1. The first-order valence-electron chi connectivity index (χ1n) is 6.23. The Morgan fingerprint density at radius 2 is 2.21 bits per heavy atom. The first kappa shape index (κ1) is 12.4. The first-order chi connectivity index (χ1) is 9.20. The van der Waals surface area contributed by atoms with Crippen LogP contribution in [0.25, 0.3) is 0 Å². The highest BCUT2D eigenvalue weighted by Gasteiger charge is 2.36. The van der Waals surface area contributed by atoms with Crippen LogP contribution in [-0.2, 0) is 0 Å². The van der Waals surface area contributed by atoms with Gasteiger partial charge in [-0.25, -0.2) is 9.69 Å². The highest BCUT2D eigenvalue weighted by Crippen LogP contribution is 2.43. The van der Waals surface area contributed by atoms with Gasteiger partial charge in [0, 0.05) is 18.9 Å². The Bertz CT molecular complexity index is 534. The van der Waals surface area contributed by atoms with Gasteiger partial charge in [-0.1, -0.05) is 17.3 Å². The molecule has 6 nitrogen and oxygen atoms in total. The van der Waals surface area contributed by atoms with E-state index in [-0.39, 0.29) is 12.6 Å². The van der Waals surface area contributed by atoms with Crippen molar-refractivity contribution in [2.24, 2.45) is 0 Å². The number of aliphatic hydroxyl groups excluding tert-OH is 1. The van der Waals surface area contributed by atoms with E-state index in [0.29, 0.717) is 24.0 Å². The summed E-state index contributed by atoms with van der Waals surface area (Å²) in [6.45, 7) is 0.714. The minimum Gasteiger partial charge on any atom is -0.373 e. The zero-order chi connectivity index (χ0) is 13.4. The van der Waals surface area contributed by atoms with Gasteiger partial charge >= 0.3 is 6.03 Å². The van der Waals surface area contributed by atoms with Crippen LogP contribution in [-0.4, -0.2) is 45.6 Å². The van der Waals surface area contributed by atoms with Gasteiger partial charge in [-0.2, -0.15) is 0 Å². The molecule has 2 fully saturated rings. The van der Waals surface area contributed by atoms with E-state index < -0.39 is 6.23 Å². The van der Waals surface area contributed by atoms with Gasteiger partial charge in [0.1, 0.15) is 11.2 Å². The van der Waals surface area contributed by atoms with Crippen LogP contribution in [0.5, 0.6) is 0 Å². The molecule has 1 aliphatic heterocycles. The van der Waals surface area contributed by atoms with E-state index in [4.69, 9.17) is 6.42 Å². The average Bonchev–Trinajstić information content (AvgIpc) is 3.13. The summed E-state index contributed by atoms with van der Waals surface area (Å²) in [6.07, 6.45) is 7.13. The van der Waals surface area contributed by atoms with Crippen LogP contribution in [0.3, 0.4) is 0 Å². The number of amides is 2. The Labute approximate surface area is 115 Å². The molecule has 0 spiro atoms. The molecule has 1 aromatic heterocycles. The molecule has 0 aromatic carbocycles. The zero-order valence-corrected chi connectivity index (χ0v) is 11.1. The van der Waals surface area contributed by atoms with Crippen molar-refractivity contribution < 1.29 is 9.90 Å². The third-order valence-corrected chi connectivity index (χ3v) is 4.36. The van der Waals surface area contributed by atoms with Crippen LogP contribution in [0.4, 0.5) is 9.93 Å². The summed E-state index contributed by atoms with van der Waals surface area (Å²) < 4.78 is 0. The summed E-state index contributed by atoms with van der Waals surface area (Å²) in [5, 5.41) is 19.5. The molecule has 0 bridgehead atoms. The minimum atomic E-state index is -0.846. The summed E-state index contributed by atoms with van der Waals surface area (Å²) >= 11 is 1.38. The van der Waals surface area contributed by atoms with Gasteiger partial charge in [0.05, 0.1) is 6.54 Å². The van der Waals surface area contributed by atoms with Gasteiger partial charge in [-0.05, 0) is 12.8 Å². The van der Waals surface area contributed by atoms with Crippen LogP contribution >= 0.6 is 11.3 Å². The van der Waals surface area contributed by atoms with Crippen molar-refractivity contribution in [3.63, 3.8) is 0 Å². The number of hydrogen-bond acceptors (Lipinski definition) is 5. The normalized spacial score (nSPS) is 23.6. The largest absolute Gasteiger partial charge is 0.373 e. The SMILES string of the molecule is C#CCN1CCC(O)N(c2nnc(C3CC3)s2)C1=O. The van der Waals surface area contributed by atoms with E-state index in [1.54, 1.807) is 0 Å². The summed E-state index contributed by atoms with van der Waals surface area (Å²) in [7, 11) is 0. The number of urea groups is 1. The zero-order valence-electron chi connectivity index (χ0n) is 10.3. The van der Waals surface area contributed by atoms with E-state index in [1.807, 2.05) is 0 Å². The second-order valence-corrected chi connectivity index (χ2v) is 5.73. The maximum Gasteiger partial charge on any atom is 0.329 e. The topological polar surface area (TPSA) is 69.6 Å². The maximum absolute atomic E-state index is 12.3. The third-order valence-electron chi connectivity index (χ3n) is 3.28. The number of aromatic nitrogens is 2. The standard InChI is InChI=1S/C12H14N4O2S/c1-2-6-15-7-5-9(17)16(12(15)18)11-14-13-10(19-11)8-3-4-8/h1,8-9,17H,3-7H2. The first-order valence-corrected chi connectivity index (χ1v) is 7.05. The summed E-state index contributed by atoms with van der Waals surface area (Å²) in [5.41, 5.74) is 0. The number of terminal acetylenes is 1. The predicted molar refractivity (Wildman–Crippen MR) is 70.8 cm³/mol. The highest BCUT2D eigenvalue weighted by molar-refractivity contribution is 7.15. The van der Waals surface area contributed by atoms with Crippen LogP contribution in [0, 0.1) is 12.3 Å². The van der Waals surface area contributed by atoms with Gasteiger partial charge in [-0.3, -0.25) is 0 Å². The Kier molecular flexibility index (Phi) is 3.12. The molecule has 0 radical (unpaired) electrons. The fraction of sp³-hybridized carbons (Fsp3) is 0.583. The van der Waals surface area contributed by atoms with Crippen LogP contribution < -0.4 is 4.90 Å². The second kappa shape index (κ2) is 4.79. The van der Waals surface area contributed by atoms with Crippen LogP contribution in [0.15, 0.2) is 0 Å². The molecule has 2 aliphatic rings. The van der Waals surface area contributed by atoms with Gasteiger partial charge < -0.3 is 10.0 Å². The molecule has 1 atom stereocenters. The second-order valence-electron chi connectivity index (χ2n) is 4.74. The summed E-state index contributed by atoms with van der Waals surface area (Å²) in [4.78, 5) is 15.1. The number of rotatable bonds is 3. The lowest BCUT2D eigenvalue weighted by Crippen LogP contribution is -2.54. The van der Waals surface area contributed by atoms with Crippen LogP contribution in [0.2, 0.25) is 0 Å².